The van der Waals surface area contributed by atoms with E-state index in [1.54, 1.807) is 48.5 Å². The van der Waals surface area contributed by atoms with Gasteiger partial charge in [0.1, 0.15) is 11.4 Å². The maximum Gasteiger partial charge on any atom is 0.139 e. The number of benzene rings is 2. The first-order valence-electron chi connectivity index (χ1n) is 5.52. The van der Waals surface area contributed by atoms with Crippen molar-refractivity contribution < 1.29 is 10.4 Å². The molecule has 2 aromatic rings. The minimum Gasteiger partial charge on any atom is -0.410 e. The molecule has 96 valence electrons. The summed E-state index contributed by atoms with van der Waals surface area (Å²) in [5.41, 5.74) is 1.60. The molecule has 0 atom stereocenters. The Morgan fingerprint density at radius 2 is 1.21 bits per heavy atom. The number of hydrogen-bond donors (Lipinski definition) is 2. The molecule has 0 bridgehead atoms. The van der Waals surface area contributed by atoms with Gasteiger partial charge in [-0.3, -0.25) is 0 Å². The highest BCUT2D eigenvalue weighted by Crippen LogP contribution is 2.13. The lowest BCUT2D eigenvalue weighted by molar-refractivity contribution is 0.314. The van der Waals surface area contributed by atoms with Gasteiger partial charge in [0.15, 0.2) is 0 Å². The van der Waals surface area contributed by atoms with Crippen molar-refractivity contribution in [3.63, 3.8) is 0 Å². The number of halogens is 1. The number of oxime groups is 2. The van der Waals surface area contributed by atoms with Gasteiger partial charge in [-0.1, -0.05) is 64.4 Å². The molecule has 0 spiro atoms. The van der Waals surface area contributed by atoms with Gasteiger partial charge >= 0.3 is 0 Å². The smallest absolute Gasteiger partial charge is 0.139 e. The first kappa shape index (κ1) is 13.1. The molecule has 0 fully saturated rings. The summed E-state index contributed by atoms with van der Waals surface area (Å²) in [4.78, 5) is 0. The standard InChI is InChI=1S/C14H11ClN2O2/c15-12-8-6-11(7-9-12)14(17-19)13(16-18)10-4-2-1-3-5-10/h1-9,18-19H. The van der Waals surface area contributed by atoms with E-state index in [4.69, 9.17) is 16.8 Å². The van der Waals surface area contributed by atoms with E-state index in [0.717, 1.165) is 0 Å². The molecular weight excluding hydrogens is 264 g/mol. The van der Waals surface area contributed by atoms with Gasteiger partial charge in [-0.2, -0.15) is 0 Å². The molecule has 0 aromatic heterocycles. The van der Waals surface area contributed by atoms with Crippen molar-refractivity contribution in [3.05, 3.63) is 70.7 Å². The fourth-order valence-corrected chi connectivity index (χ4v) is 1.81. The SMILES string of the molecule is ON=C(C(=NO)c1ccc(Cl)cc1)c1ccccc1. The van der Waals surface area contributed by atoms with Crippen LogP contribution in [0.25, 0.3) is 0 Å². The predicted octanol–water partition coefficient (Wildman–Crippen LogP) is 3.40. The van der Waals surface area contributed by atoms with Crippen molar-refractivity contribution in [1.29, 1.82) is 0 Å². The van der Waals surface area contributed by atoms with Crippen molar-refractivity contribution in [1.82, 2.24) is 0 Å². The van der Waals surface area contributed by atoms with E-state index in [1.807, 2.05) is 6.07 Å². The van der Waals surface area contributed by atoms with Gasteiger partial charge in [-0.15, -0.1) is 0 Å². The lowest BCUT2D eigenvalue weighted by Gasteiger charge is -2.07. The van der Waals surface area contributed by atoms with E-state index in [9.17, 15) is 5.21 Å². The number of rotatable bonds is 3. The Balaban J connectivity index is 2.45. The molecule has 0 heterocycles. The van der Waals surface area contributed by atoms with Crippen LogP contribution in [0.4, 0.5) is 0 Å². The first-order chi connectivity index (χ1) is 9.26. The molecule has 0 saturated heterocycles. The Kier molecular flexibility index (Phi) is 4.15. The maximum atomic E-state index is 9.17. The van der Waals surface area contributed by atoms with Gasteiger partial charge < -0.3 is 10.4 Å². The summed E-state index contributed by atoms with van der Waals surface area (Å²) in [5.74, 6) is 0. The van der Waals surface area contributed by atoms with Crippen LogP contribution in [0.1, 0.15) is 11.1 Å². The van der Waals surface area contributed by atoms with Crippen LogP contribution >= 0.6 is 11.6 Å². The average molecular weight is 275 g/mol. The second-order valence-corrected chi connectivity index (χ2v) is 4.21. The third-order valence-corrected chi connectivity index (χ3v) is 2.84. The van der Waals surface area contributed by atoms with Crippen LogP contribution in [-0.2, 0) is 0 Å². The van der Waals surface area contributed by atoms with E-state index in [-0.39, 0.29) is 11.4 Å². The molecule has 0 aliphatic carbocycles. The highest BCUT2D eigenvalue weighted by Gasteiger charge is 2.15. The summed E-state index contributed by atoms with van der Waals surface area (Å²) in [5, 5.41) is 25.4. The molecule has 0 radical (unpaired) electrons. The second kappa shape index (κ2) is 6.02. The van der Waals surface area contributed by atoms with Crippen LogP contribution in [-0.4, -0.2) is 21.8 Å². The Morgan fingerprint density at radius 1 is 0.737 bits per heavy atom. The number of nitrogens with zero attached hydrogens (tertiary/aromatic N) is 2. The van der Waals surface area contributed by atoms with Crippen LogP contribution < -0.4 is 0 Å². The Bertz CT molecular complexity index is 607. The van der Waals surface area contributed by atoms with Gasteiger partial charge in [0.2, 0.25) is 0 Å². The van der Waals surface area contributed by atoms with Gasteiger partial charge in [0.05, 0.1) is 0 Å². The summed E-state index contributed by atoms with van der Waals surface area (Å²) in [6, 6.07) is 15.7. The monoisotopic (exact) mass is 274 g/mol. The molecular formula is C14H11ClN2O2. The molecule has 0 aliphatic rings. The molecule has 2 N–H and O–H groups in total. The van der Waals surface area contributed by atoms with E-state index in [0.29, 0.717) is 16.1 Å². The van der Waals surface area contributed by atoms with E-state index in [2.05, 4.69) is 10.3 Å². The lowest BCUT2D eigenvalue weighted by atomic mass is 10.00. The third-order valence-electron chi connectivity index (χ3n) is 2.59. The van der Waals surface area contributed by atoms with E-state index < -0.39 is 0 Å². The van der Waals surface area contributed by atoms with Crippen LogP contribution in [0.2, 0.25) is 5.02 Å². The summed E-state index contributed by atoms with van der Waals surface area (Å²) in [7, 11) is 0. The molecule has 19 heavy (non-hydrogen) atoms. The van der Waals surface area contributed by atoms with Gasteiger partial charge in [-0.05, 0) is 12.1 Å². The van der Waals surface area contributed by atoms with Gasteiger partial charge in [0.25, 0.3) is 0 Å². The molecule has 0 amide bonds. The molecule has 0 aliphatic heterocycles. The molecule has 2 rings (SSSR count). The largest absolute Gasteiger partial charge is 0.410 e. The zero-order chi connectivity index (χ0) is 13.7. The van der Waals surface area contributed by atoms with Crippen LogP contribution in [0.15, 0.2) is 64.9 Å². The lowest BCUT2D eigenvalue weighted by Crippen LogP contribution is -2.17. The summed E-state index contributed by atoms with van der Waals surface area (Å²) >= 11 is 5.81. The Hall–Kier alpha value is -2.33. The maximum absolute atomic E-state index is 9.17. The number of hydrogen-bond acceptors (Lipinski definition) is 4. The summed E-state index contributed by atoms with van der Waals surface area (Å²) < 4.78 is 0. The van der Waals surface area contributed by atoms with Gasteiger partial charge in [-0.25, -0.2) is 0 Å². The average Bonchev–Trinajstić information content (AvgIpc) is 2.47. The summed E-state index contributed by atoms with van der Waals surface area (Å²) in [6.45, 7) is 0. The molecule has 0 saturated carbocycles. The quantitative estimate of drug-likeness (QED) is 0.512. The van der Waals surface area contributed by atoms with Crippen molar-refractivity contribution in [2.24, 2.45) is 10.3 Å². The highest BCUT2D eigenvalue weighted by molar-refractivity contribution is 6.53. The second-order valence-electron chi connectivity index (χ2n) is 3.77. The zero-order valence-electron chi connectivity index (χ0n) is 9.86. The van der Waals surface area contributed by atoms with Crippen molar-refractivity contribution in [2.75, 3.05) is 0 Å². The Morgan fingerprint density at radius 3 is 1.68 bits per heavy atom. The minimum atomic E-state index is 0.172. The van der Waals surface area contributed by atoms with Crippen molar-refractivity contribution in [3.8, 4) is 0 Å². The summed E-state index contributed by atoms with van der Waals surface area (Å²) in [6.07, 6.45) is 0. The zero-order valence-corrected chi connectivity index (χ0v) is 10.6. The predicted molar refractivity (Wildman–Crippen MR) is 74.5 cm³/mol. The molecule has 4 nitrogen and oxygen atoms in total. The fourth-order valence-electron chi connectivity index (χ4n) is 1.69. The Labute approximate surface area is 115 Å². The minimum absolute atomic E-state index is 0.172. The van der Waals surface area contributed by atoms with Gasteiger partial charge in [0, 0.05) is 16.1 Å². The highest BCUT2D eigenvalue weighted by atomic mass is 35.5. The van der Waals surface area contributed by atoms with E-state index in [1.165, 1.54) is 0 Å². The van der Waals surface area contributed by atoms with Crippen molar-refractivity contribution in [2.45, 2.75) is 0 Å². The molecule has 2 aromatic carbocycles. The third kappa shape index (κ3) is 2.92. The normalized spacial score (nSPS) is 12.5. The van der Waals surface area contributed by atoms with Crippen molar-refractivity contribution >= 4 is 23.0 Å². The fraction of sp³-hybridized carbons (Fsp3) is 0. The van der Waals surface area contributed by atoms with Crippen LogP contribution in [0.5, 0.6) is 0 Å². The van der Waals surface area contributed by atoms with Crippen LogP contribution in [0, 0.1) is 0 Å². The topological polar surface area (TPSA) is 65.2 Å². The van der Waals surface area contributed by atoms with Crippen LogP contribution in [0.3, 0.4) is 0 Å². The molecule has 5 heteroatoms. The first-order valence-corrected chi connectivity index (χ1v) is 5.90. The van der Waals surface area contributed by atoms with E-state index >= 15 is 0 Å². The molecule has 0 unspecified atom stereocenters.